The van der Waals surface area contributed by atoms with Crippen LogP contribution in [0.25, 0.3) is 0 Å². The van der Waals surface area contributed by atoms with Gasteiger partial charge in [0, 0.05) is 44.3 Å². The maximum Gasteiger partial charge on any atom is 0.251 e. The molecule has 1 fully saturated rings. The highest BCUT2D eigenvalue weighted by Gasteiger charge is 2.23. The summed E-state index contributed by atoms with van der Waals surface area (Å²) >= 11 is 0. The lowest BCUT2D eigenvalue weighted by atomic mass is 10.0. The Kier molecular flexibility index (Phi) is 10.4. The maximum absolute atomic E-state index is 12.3. The van der Waals surface area contributed by atoms with Crippen molar-refractivity contribution in [1.82, 2.24) is 20.9 Å². The first-order valence-electron chi connectivity index (χ1n) is 10.8. The number of benzene rings is 1. The second-order valence-corrected chi connectivity index (χ2v) is 7.59. The number of carbonyl (C=O) groups is 1. The van der Waals surface area contributed by atoms with Crippen LogP contribution in [0.3, 0.4) is 0 Å². The molecule has 3 N–H and O–H groups in total. The average Bonchev–Trinajstić information content (AvgIpc) is 2.77. The van der Waals surface area contributed by atoms with Crippen LogP contribution in [0, 0.1) is 5.92 Å². The summed E-state index contributed by atoms with van der Waals surface area (Å²) in [5.41, 5.74) is 0.584. The number of hydrogen-bond acceptors (Lipinski definition) is 5. The Labute approximate surface area is 180 Å². The van der Waals surface area contributed by atoms with E-state index in [0.29, 0.717) is 36.4 Å². The molecule has 0 aliphatic carbocycles. The van der Waals surface area contributed by atoms with Crippen molar-refractivity contribution in [3.63, 3.8) is 0 Å². The summed E-state index contributed by atoms with van der Waals surface area (Å²) in [6.07, 6.45) is 0. The highest BCUT2D eigenvalue weighted by atomic mass is 16.5. The van der Waals surface area contributed by atoms with Gasteiger partial charge in [-0.2, -0.15) is 0 Å². The number of nitrogens with zero attached hydrogens (tertiary/aromatic N) is 2. The Morgan fingerprint density at radius 2 is 1.93 bits per heavy atom. The third kappa shape index (κ3) is 7.84. The minimum Gasteiger partial charge on any atom is -0.497 e. The fourth-order valence-corrected chi connectivity index (χ4v) is 3.41. The topological polar surface area (TPSA) is 87.2 Å². The van der Waals surface area contributed by atoms with Gasteiger partial charge in [0.05, 0.1) is 26.9 Å². The van der Waals surface area contributed by atoms with Crippen molar-refractivity contribution < 1.29 is 14.3 Å². The molecule has 1 aliphatic rings. The Balaban J connectivity index is 1.82. The average molecular weight is 420 g/mol. The molecule has 0 spiro atoms. The van der Waals surface area contributed by atoms with E-state index in [9.17, 15) is 4.79 Å². The highest BCUT2D eigenvalue weighted by Crippen LogP contribution is 2.13. The molecule has 8 nitrogen and oxygen atoms in total. The summed E-state index contributed by atoms with van der Waals surface area (Å²) in [6.45, 7) is 12.6. The number of carbonyl (C=O) groups excluding carboxylic acids is 1. The molecule has 0 aromatic heterocycles. The van der Waals surface area contributed by atoms with Crippen LogP contribution >= 0.6 is 0 Å². The van der Waals surface area contributed by atoms with Crippen LogP contribution in [0.15, 0.2) is 29.3 Å². The van der Waals surface area contributed by atoms with E-state index in [0.717, 1.165) is 45.4 Å². The van der Waals surface area contributed by atoms with Crippen molar-refractivity contribution in [2.45, 2.75) is 26.8 Å². The molecular weight excluding hydrogens is 382 g/mol. The lowest BCUT2D eigenvalue weighted by Crippen LogP contribution is -2.48. The van der Waals surface area contributed by atoms with Crippen LogP contribution in [0.2, 0.25) is 0 Å². The van der Waals surface area contributed by atoms with Crippen molar-refractivity contribution in [2.75, 3.05) is 59.6 Å². The third-order valence-corrected chi connectivity index (χ3v) is 5.10. The standard InChI is InChI=1S/C22H37N5O3/c1-5-23-22(26-16-20(17(2)3)27-11-13-30-14-12-27)25-10-9-24-21(28)18-7-6-8-19(15-18)29-4/h6-8,15,17,20H,5,9-14,16H2,1-4H3,(H,24,28)(H2,23,25,26). The summed E-state index contributed by atoms with van der Waals surface area (Å²) in [4.78, 5) is 19.6. The van der Waals surface area contributed by atoms with Crippen LogP contribution < -0.4 is 20.7 Å². The first kappa shape index (κ1) is 24.0. The fraction of sp³-hybridized carbons (Fsp3) is 0.636. The zero-order valence-corrected chi connectivity index (χ0v) is 18.7. The van der Waals surface area contributed by atoms with Crippen molar-refractivity contribution in [3.05, 3.63) is 29.8 Å². The number of morpholine rings is 1. The zero-order chi connectivity index (χ0) is 21.8. The molecule has 8 heteroatoms. The molecule has 0 saturated carbocycles. The Morgan fingerprint density at radius 3 is 2.60 bits per heavy atom. The van der Waals surface area contributed by atoms with E-state index in [4.69, 9.17) is 14.5 Å². The molecule has 1 amide bonds. The van der Waals surface area contributed by atoms with Gasteiger partial charge in [-0.3, -0.25) is 14.7 Å². The Hall–Kier alpha value is -2.32. The molecule has 168 valence electrons. The van der Waals surface area contributed by atoms with Gasteiger partial charge in [0.15, 0.2) is 5.96 Å². The van der Waals surface area contributed by atoms with Crippen LogP contribution in [0.4, 0.5) is 0 Å². The smallest absolute Gasteiger partial charge is 0.251 e. The van der Waals surface area contributed by atoms with E-state index in [1.54, 1.807) is 19.2 Å². The number of guanidine groups is 1. The first-order chi connectivity index (χ1) is 14.5. The second-order valence-electron chi connectivity index (χ2n) is 7.59. The number of hydrogen-bond donors (Lipinski definition) is 3. The quantitative estimate of drug-likeness (QED) is 0.301. The molecule has 1 unspecified atom stereocenters. The number of ether oxygens (including phenoxy) is 2. The lowest BCUT2D eigenvalue weighted by molar-refractivity contribution is 0.00867. The summed E-state index contributed by atoms with van der Waals surface area (Å²) in [5, 5.41) is 9.51. The van der Waals surface area contributed by atoms with Crippen LogP contribution in [-0.2, 0) is 4.74 Å². The van der Waals surface area contributed by atoms with E-state index >= 15 is 0 Å². The second kappa shape index (κ2) is 13.1. The third-order valence-electron chi connectivity index (χ3n) is 5.10. The summed E-state index contributed by atoms with van der Waals surface area (Å²) < 4.78 is 10.6. The zero-order valence-electron chi connectivity index (χ0n) is 18.7. The van der Waals surface area contributed by atoms with E-state index in [1.165, 1.54) is 0 Å². The fourth-order valence-electron chi connectivity index (χ4n) is 3.41. The summed E-state index contributed by atoms with van der Waals surface area (Å²) in [5.74, 6) is 1.83. The summed E-state index contributed by atoms with van der Waals surface area (Å²) in [7, 11) is 1.59. The monoisotopic (exact) mass is 419 g/mol. The van der Waals surface area contributed by atoms with Crippen molar-refractivity contribution in [3.8, 4) is 5.75 Å². The van der Waals surface area contributed by atoms with E-state index in [2.05, 4.69) is 34.7 Å². The van der Waals surface area contributed by atoms with E-state index in [-0.39, 0.29) is 5.91 Å². The van der Waals surface area contributed by atoms with Crippen molar-refractivity contribution in [2.24, 2.45) is 10.9 Å². The van der Waals surface area contributed by atoms with Gasteiger partial charge < -0.3 is 25.4 Å². The molecular formula is C22H37N5O3. The van der Waals surface area contributed by atoms with Gasteiger partial charge in [-0.25, -0.2) is 0 Å². The molecule has 30 heavy (non-hydrogen) atoms. The largest absolute Gasteiger partial charge is 0.497 e. The molecule has 0 radical (unpaired) electrons. The SMILES string of the molecule is CCNC(=NCC(C(C)C)N1CCOCC1)NCCNC(=O)c1cccc(OC)c1. The number of methoxy groups -OCH3 is 1. The molecule has 1 saturated heterocycles. The number of rotatable bonds is 10. The Bertz CT molecular complexity index is 674. The predicted molar refractivity (Wildman–Crippen MR) is 120 cm³/mol. The highest BCUT2D eigenvalue weighted by molar-refractivity contribution is 5.94. The van der Waals surface area contributed by atoms with Gasteiger partial charge in [-0.15, -0.1) is 0 Å². The van der Waals surface area contributed by atoms with Gasteiger partial charge in [-0.1, -0.05) is 19.9 Å². The van der Waals surface area contributed by atoms with Crippen molar-refractivity contribution >= 4 is 11.9 Å². The molecule has 2 rings (SSSR count). The minimum absolute atomic E-state index is 0.121. The molecule has 1 aromatic rings. The molecule has 1 aromatic carbocycles. The van der Waals surface area contributed by atoms with E-state index < -0.39 is 0 Å². The number of amides is 1. The number of nitrogens with one attached hydrogen (secondary N) is 3. The summed E-state index contributed by atoms with van der Waals surface area (Å²) in [6, 6.07) is 7.51. The van der Waals surface area contributed by atoms with Crippen LogP contribution in [0.5, 0.6) is 5.75 Å². The van der Waals surface area contributed by atoms with Gasteiger partial charge in [0.25, 0.3) is 5.91 Å². The van der Waals surface area contributed by atoms with Gasteiger partial charge >= 0.3 is 0 Å². The first-order valence-corrected chi connectivity index (χ1v) is 10.8. The molecule has 1 aliphatic heterocycles. The normalized spacial score (nSPS) is 16.2. The van der Waals surface area contributed by atoms with Crippen LogP contribution in [-0.4, -0.2) is 82.4 Å². The maximum atomic E-state index is 12.3. The molecule has 1 atom stereocenters. The van der Waals surface area contributed by atoms with E-state index in [1.807, 2.05) is 19.1 Å². The molecule has 0 bridgehead atoms. The van der Waals surface area contributed by atoms with Gasteiger partial charge in [0.1, 0.15) is 5.75 Å². The predicted octanol–water partition coefficient (Wildman–Crippen LogP) is 1.34. The van der Waals surface area contributed by atoms with Crippen molar-refractivity contribution in [1.29, 1.82) is 0 Å². The lowest BCUT2D eigenvalue weighted by Gasteiger charge is -2.36. The van der Waals surface area contributed by atoms with Gasteiger partial charge in [0.2, 0.25) is 0 Å². The minimum atomic E-state index is -0.121. The molecule has 1 heterocycles. The van der Waals surface area contributed by atoms with Crippen LogP contribution in [0.1, 0.15) is 31.1 Å². The van der Waals surface area contributed by atoms with Gasteiger partial charge in [-0.05, 0) is 31.0 Å². The number of aliphatic imine (C=N–C) groups is 1. The Morgan fingerprint density at radius 1 is 1.20 bits per heavy atom.